The zero-order valence-corrected chi connectivity index (χ0v) is 13.6. The number of likely N-dealkylation sites (tertiary alicyclic amines) is 1. The molecule has 8 heteroatoms. The van der Waals surface area contributed by atoms with E-state index in [0.717, 1.165) is 22.1 Å². The number of hydrogen-bond acceptors (Lipinski definition) is 5. The monoisotopic (exact) mass is 332 g/mol. The van der Waals surface area contributed by atoms with Crippen molar-refractivity contribution in [2.75, 3.05) is 33.3 Å². The number of likely N-dealkylation sites (N-methyl/N-ethyl adjacent to an activating group) is 1. The van der Waals surface area contributed by atoms with E-state index in [2.05, 4.69) is 0 Å². The Morgan fingerprint density at radius 2 is 2.33 bits per heavy atom. The van der Waals surface area contributed by atoms with Gasteiger partial charge in [0.2, 0.25) is 5.91 Å². The third-order valence-corrected chi connectivity index (χ3v) is 6.87. The maximum Gasteiger partial charge on any atom is 0.252 e. The molecule has 1 N–H and O–H groups in total. The van der Waals surface area contributed by atoms with Gasteiger partial charge in [0.05, 0.1) is 6.54 Å². The van der Waals surface area contributed by atoms with E-state index < -0.39 is 10.0 Å². The second-order valence-corrected chi connectivity index (χ2v) is 8.42. The molecule has 1 unspecified atom stereocenters. The smallest absolute Gasteiger partial charge is 0.252 e. The van der Waals surface area contributed by atoms with Crippen LogP contribution in [-0.4, -0.2) is 61.9 Å². The lowest BCUT2D eigenvalue weighted by Gasteiger charge is -2.21. The number of sulfonamides is 1. The first kappa shape index (κ1) is 16.4. The molecule has 0 radical (unpaired) electrons. The number of aliphatic hydroxyl groups excluding tert-OH is 1. The number of amides is 1. The Hall–Kier alpha value is -0.960. The van der Waals surface area contributed by atoms with E-state index in [4.69, 9.17) is 5.11 Å². The SMILES string of the molecule is CN(CC(=O)N1CCC(CCO)C1)S(=O)(=O)c1cccs1. The van der Waals surface area contributed by atoms with Crippen molar-refractivity contribution in [1.29, 1.82) is 0 Å². The lowest BCUT2D eigenvalue weighted by Crippen LogP contribution is -2.40. The molecular formula is C13H20N2O4S2. The lowest BCUT2D eigenvalue weighted by molar-refractivity contribution is -0.130. The summed E-state index contributed by atoms with van der Waals surface area (Å²) in [5.74, 6) is 0.135. The minimum Gasteiger partial charge on any atom is -0.396 e. The van der Waals surface area contributed by atoms with E-state index in [0.29, 0.717) is 25.4 Å². The van der Waals surface area contributed by atoms with Crippen LogP contribution in [0.3, 0.4) is 0 Å². The molecule has 1 amide bonds. The van der Waals surface area contributed by atoms with Gasteiger partial charge in [-0.2, -0.15) is 4.31 Å². The van der Waals surface area contributed by atoms with Crippen molar-refractivity contribution in [3.8, 4) is 0 Å². The van der Waals surface area contributed by atoms with E-state index >= 15 is 0 Å². The number of hydrogen-bond donors (Lipinski definition) is 1. The van der Waals surface area contributed by atoms with Gasteiger partial charge in [0.25, 0.3) is 10.0 Å². The second kappa shape index (κ2) is 6.87. The Balaban J connectivity index is 1.94. The zero-order valence-electron chi connectivity index (χ0n) is 11.9. The van der Waals surface area contributed by atoms with Gasteiger partial charge in [-0.1, -0.05) is 6.07 Å². The maximum absolute atomic E-state index is 12.2. The molecule has 1 atom stereocenters. The maximum atomic E-state index is 12.2. The van der Waals surface area contributed by atoms with Crippen LogP contribution in [-0.2, 0) is 14.8 Å². The van der Waals surface area contributed by atoms with E-state index in [1.54, 1.807) is 16.3 Å². The highest BCUT2D eigenvalue weighted by molar-refractivity contribution is 7.91. The highest BCUT2D eigenvalue weighted by Gasteiger charge is 2.29. The van der Waals surface area contributed by atoms with Crippen molar-refractivity contribution in [1.82, 2.24) is 9.21 Å². The Kier molecular flexibility index (Phi) is 5.37. The molecule has 1 aliphatic rings. The van der Waals surface area contributed by atoms with Crippen molar-refractivity contribution in [2.45, 2.75) is 17.1 Å². The molecule has 0 bridgehead atoms. The van der Waals surface area contributed by atoms with Crippen molar-refractivity contribution in [3.63, 3.8) is 0 Å². The first-order valence-corrected chi connectivity index (χ1v) is 9.15. The summed E-state index contributed by atoms with van der Waals surface area (Å²) >= 11 is 1.14. The average Bonchev–Trinajstić information content (AvgIpc) is 3.10. The molecule has 118 valence electrons. The van der Waals surface area contributed by atoms with Crippen LogP contribution in [0.25, 0.3) is 0 Å². The third-order valence-electron chi connectivity index (χ3n) is 3.69. The number of carbonyl (C=O) groups is 1. The van der Waals surface area contributed by atoms with Crippen LogP contribution in [0.4, 0.5) is 0 Å². The molecule has 0 spiro atoms. The normalized spacial score (nSPS) is 19.4. The molecule has 2 heterocycles. The summed E-state index contributed by atoms with van der Waals surface area (Å²) in [5.41, 5.74) is 0. The van der Waals surface area contributed by atoms with Crippen molar-refractivity contribution >= 4 is 27.3 Å². The quantitative estimate of drug-likeness (QED) is 0.827. The summed E-state index contributed by atoms with van der Waals surface area (Å²) in [6, 6.07) is 3.21. The number of thiophene rings is 1. The van der Waals surface area contributed by atoms with Gasteiger partial charge in [-0.15, -0.1) is 11.3 Å². The van der Waals surface area contributed by atoms with Crippen molar-refractivity contribution in [3.05, 3.63) is 17.5 Å². The Morgan fingerprint density at radius 3 is 2.95 bits per heavy atom. The van der Waals surface area contributed by atoms with Gasteiger partial charge >= 0.3 is 0 Å². The molecule has 6 nitrogen and oxygen atoms in total. The second-order valence-electron chi connectivity index (χ2n) is 5.20. The summed E-state index contributed by atoms with van der Waals surface area (Å²) in [6.45, 7) is 1.22. The minimum atomic E-state index is -3.58. The number of carbonyl (C=O) groups excluding carboxylic acids is 1. The van der Waals surface area contributed by atoms with Crippen LogP contribution in [0.15, 0.2) is 21.7 Å². The van der Waals surface area contributed by atoms with Gasteiger partial charge in [0, 0.05) is 26.7 Å². The predicted molar refractivity (Wildman–Crippen MR) is 80.5 cm³/mol. The summed E-state index contributed by atoms with van der Waals surface area (Å²) in [4.78, 5) is 13.9. The fourth-order valence-electron chi connectivity index (χ4n) is 2.42. The van der Waals surface area contributed by atoms with E-state index in [-0.39, 0.29) is 23.3 Å². The highest BCUT2D eigenvalue weighted by Crippen LogP contribution is 2.22. The van der Waals surface area contributed by atoms with Gasteiger partial charge < -0.3 is 10.0 Å². The fourth-order valence-corrected chi connectivity index (χ4v) is 4.74. The van der Waals surface area contributed by atoms with Gasteiger partial charge in [0.1, 0.15) is 4.21 Å². The molecule has 0 aromatic carbocycles. The van der Waals surface area contributed by atoms with Crippen molar-refractivity contribution < 1.29 is 18.3 Å². The van der Waals surface area contributed by atoms with E-state index in [1.807, 2.05) is 0 Å². The molecule has 1 aromatic rings. The van der Waals surface area contributed by atoms with Crippen LogP contribution >= 0.6 is 11.3 Å². The number of rotatable bonds is 6. The van der Waals surface area contributed by atoms with Gasteiger partial charge in [0.15, 0.2) is 0 Å². The zero-order chi connectivity index (χ0) is 15.5. The van der Waals surface area contributed by atoms with Crippen LogP contribution < -0.4 is 0 Å². The minimum absolute atomic E-state index is 0.124. The number of nitrogens with zero attached hydrogens (tertiary/aromatic N) is 2. The van der Waals surface area contributed by atoms with Crippen LogP contribution in [0.2, 0.25) is 0 Å². The molecule has 1 saturated heterocycles. The number of aliphatic hydroxyl groups is 1. The first-order chi connectivity index (χ1) is 9.95. The highest BCUT2D eigenvalue weighted by atomic mass is 32.2. The lowest BCUT2D eigenvalue weighted by atomic mass is 10.1. The molecule has 1 aromatic heterocycles. The first-order valence-electron chi connectivity index (χ1n) is 6.83. The molecule has 2 rings (SSSR count). The third kappa shape index (κ3) is 3.82. The fraction of sp³-hybridized carbons (Fsp3) is 0.615. The van der Waals surface area contributed by atoms with Gasteiger partial charge in [-0.25, -0.2) is 8.42 Å². The van der Waals surface area contributed by atoms with E-state index in [1.165, 1.54) is 13.1 Å². The summed E-state index contributed by atoms with van der Waals surface area (Å²) in [5, 5.41) is 10.6. The summed E-state index contributed by atoms with van der Waals surface area (Å²) in [7, 11) is -2.15. The van der Waals surface area contributed by atoms with Gasteiger partial charge in [-0.05, 0) is 30.2 Å². The molecule has 0 aliphatic carbocycles. The predicted octanol–water partition coefficient (Wildman–Crippen LogP) is 0.600. The molecule has 1 fully saturated rings. The Labute approximate surface area is 129 Å². The van der Waals surface area contributed by atoms with Crippen LogP contribution in [0.5, 0.6) is 0 Å². The standard InChI is InChI=1S/C13H20N2O4S2/c1-14(21(18,19)13-3-2-8-20-13)10-12(17)15-6-4-11(9-15)5-7-16/h2-3,8,11,16H,4-7,9-10H2,1H3. The molecule has 21 heavy (non-hydrogen) atoms. The Bertz CT molecular complexity index is 571. The summed E-state index contributed by atoms with van der Waals surface area (Å²) in [6.07, 6.45) is 1.56. The van der Waals surface area contributed by atoms with E-state index in [9.17, 15) is 13.2 Å². The van der Waals surface area contributed by atoms with Crippen LogP contribution in [0, 0.1) is 5.92 Å². The molecule has 0 saturated carbocycles. The average molecular weight is 332 g/mol. The summed E-state index contributed by atoms with van der Waals surface area (Å²) < 4.78 is 25.8. The molecule has 1 aliphatic heterocycles. The molecular weight excluding hydrogens is 312 g/mol. The topological polar surface area (TPSA) is 77.9 Å². The van der Waals surface area contributed by atoms with Gasteiger partial charge in [-0.3, -0.25) is 4.79 Å². The van der Waals surface area contributed by atoms with Crippen molar-refractivity contribution in [2.24, 2.45) is 5.92 Å². The largest absolute Gasteiger partial charge is 0.396 e. The Morgan fingerprint density at radius 1 is 1.57 bits per heavy atom. The van der Waals surface area contributed by atoms with Crippen LogP contribution in [0.1, 0.15) is 12.8 Å².